The second kappa shape index (κ2) is 9.23. The number of amides is 2. The van der Waals surface area contributed by atoms with Crippen molar-refractivity contribution in [1.82, 2.24) is 0 Å². The first kappa shape index (κ1) is 20.9. The highest BCUT2D eigenvalue weighted by atomic mass is 32.2. The van der Waals surface area contributed by atoms with E-state index in [2.05, 4.69) is 0 Å². The molecular formula is C26H23NO3S. The zero-order valence-corrected chi connectivity index (χ0v) is 18.3. The van der Waals surface area contributed by atoms with Crippen LogP contribution in [0.4, 0.5) is 5.69 Å². The summed E-state index contributed by atoms with van der Waals surface area (Å²) in [5, 5.41) is 0. The van der Waals surface area contributed by atoms with Crippen LogP contribution < -0.4 is 9.64 Å². The van der Waals surface area contributed by atoms with Crippen molar-refractivity contribution in [3.05, 3.63) is 100 Å². The van der Waals surface area contributed by atoms with Crippen LogP contribution in [-0.2, 0) is 15.3 Å². The predicted molar refractivity (Wildman–Crippen MR) is 126 cm³/mol. The summed E-state index contributed by atoms with van der Waals surface area (Å²) < 4.78 is 5.53. The van der Waals surface area contributed by atoms with Gasteiger partial charge < -0.3 is 4.74 Å². The Hall–Kier alpha value is -3.31. The van der Waals surface area contributed by atoms with Gasteiger partial charge in [-0.1, -0.05) is 60.7 Å². The fraction of sp³-hybridized carbons (Fsp3) is 0.154. The first-order valence-electron chi connectivity index (χ1n) is 10.2. The van der Waals surface area contributed by atoms with Crippen molar-refractivity contribution >= 4 is 34.8 Å². The molecule has 1 aliphatic rings. The normalized spacial score (nSPS) is 13.8. The molecule has 0 aromatic heterocycles. The third kappa shape index (κ3) is 4.28. The molecule has 2 amide bonds. The first-order chi connectivity index (χ1) is 15.1. The van der Waals surface area contributed by atoms with E-state index in [1.807, 2.05) is 92.7 Å². The van der Waals surface area contributed by atoms with E-state index in [1.165, 1.54) is 16.7 Å². The quantitative estimate of drug-likeness (QED) is 0.458. The summed E-state index contributed by atoms with van der Waals surface area (Å²) in [5.41, 5.74) is 3.76. The molecule has 0 N–H and O–H groups in total. The maximum Gasteiger partial charge on any atom is 0.272 e. The summed E-state index contributed by atoms with van der Waals surface area (Å²) in [5.74, 6) is 0.776. The minimum atomic E-state index is -0.293. The Morgan fingerprint density at radius 1 is 0.839 bits per heavy atom. The first-order valence-corrected chi connectivity index (χ1v) is 11.2. The number of para-hydroxylation sites is 1. The molecule has 0 unspecified atom stereocenters. The standard InChI is InChI=1S/C26H23NO3S/c1-3-30-21-15-13-20(14-16-21)23-24(31-17-19-10-5-4-6-11-19)26(29)27(25(23)28)22-12-8-7-9-18(22)2/h4-16H,3,17H2,1-2H3. The lowest BCUT2D eigenvalue weighted by Gasteiger charge is -2.17. The number of ether oxygens (including phenoxy) is 1. The number of imide groups is 1. The number of carbonyl (C=O) groups is 2. The van der Waals surface area contributed by atoms with E-state index in [9.17, 15) is 9.59 Å². The van der Waals surface area contributed by atoms with E-state index in [0.29, 0.717) is 34.1 Å². The van der Waals surface area contributed by atoms with Gasteiger partial charge in [0.1, 0.15) is 5.75 Å². The Balaban J connectivity index is 1.74. The number of thioether (sulfide) groups is 1. The molecule has 0 radical (unpaired) electrons. The molecule has 31 heavy (non-hydrogen) atoms. The monoisotopic (exact) mass is 429 g/mol. The molecule has 0 spiro atoms. The van der Waals surface area contributed by atoms with Crippen LogP contribution in [0.3, 0.4) is 0 Å². The Bertz CT molecular complexity index is 1140. The summed E-state index contributed by atoms with van der Waals surface area (Å²) in [6.07, 6.45) is 0. The summed E-state index contributed by atoms with van der Waals surface area (Å²) in [6.45, 7) is 4.40. The van der Waals surface area contributed by atoms with E-state index in [1.54, 1.807) is 0 Å². The van der Waals surface area contributed by atoms with Crippen molar-refractivity contribution in [2.45, 2.75) is 19.6 Å². The third-order valence-electron chi connectivity index (χ3n) is 5.08. The summed E-state index contributed by atoms with van der Waals surface area (Å²) >= 11 is 1.41. The van der Waals surface area contributed by atoms with Crippen molar-refractivity contribution in [2.75, 3.05) is 11.5 Å². The zero-order valence-electron chi connectivity index (χ0n) is 17.5. The maximum absolute atomic E-state index is 13.5. The highest BCUT2D eigenvalue weighted by Crippen LogP contribution is 2.40. The van der Waals surface area contributed by atoms with E-state index in [-0.39, 0.29) is 11.8 Å². The molecule has 3 aromatic rings. The van der Waals surface area contributed by atoms with Crippen molar-refractivity contribution in [3.63, 3.8) is 0 Å². The molecule has 0 aliphatic carbocycles. The lowest BCUT2D eigenvalue weighted by molar-refractivity contribution is -0.119. The minimum Gasteiger partial charge on any atom is -0.494 e. The summed E-state index contributed by atoms with van der Waals surface area (Å²) in [7, 11) is 0. The van der Waals surface area contributed by atoms with Crippen molar-refractivity contribution < 1.29 is 14.3 Å². The second-order valence-corrected chi connectivity index (χ2v) is 8.15. The van der Waals surface area contributed by atoms with Gasteiger partial charge in [0.25, 0.3) is 11.8 Å². The molecule has 156 valence electrons. The minimum absolute atomic E-state index is 0.274. The van der Waals surface area contributed by atoms with E-state index in [4.69, 9.17) is 4.74 Å². The molecule has 1 aliphatic heterocycles. The lowest BCUT2D eigenvalue weighted by Crippen LogP contribution is -2.31. The van der Waals surface area contributed by atoms with Gasteiger partial charge in [0.2, 0.25) is 0 Å². The van der Waals surface area contributed by atoms with Crippen LogP contribution >= 0.6 is 11.8 Å². The Kier molecular flexibility index (Phi) is 6.23. The van der Waals surface area contributed by atoms with Gasteiger partial charge in [0, 0.05) is 5.75 Å². The lowest BCUT2D eigenvalue weighted by atomic mass is 10.1. The molecular weight excluding hydrogens is 406 g/mol. The van der Waals surface area contributed by atoms with E-state index in [0.717, 1.165) is 16.9 Å². The number of aryl methyl sites for hydroxylation is 1. The number of carbonyl (C=O) groups excluding carboxylic acids is 2. The second-order valence-electron chi connectivity index (χ2n) is 7.17. The zero-order chi connectivity index (χ0) is 21.8. The molecule has 0 saturated carbocycles. The summed E-state index contributed by atoms with van der Waals surface area (Å²) in [6, 6.07) is 24.7. The van der Waals surface area contributed by atoms with Crippen LogP contribution in [0.15, 0.2) is 83.8 Å². The molecule has 0 saturated heterocycles. The van der Waals surface area contributed by atoms with Crippen LogP contribution in [0, 0.1) is 6.92 Å². The van der Waals surface area contributed by atoms with Crippen molar-refractivity contribution in [1.29, 1.82) is 0 Å². The van der Waals surface area contributed by atoms with Gasteiger partial charge in [0.05, 0.1) is 22.8 Å². The smallest absolute Gasteiger partial charge is 0.272 e. The molecule has 4 nitrogen and oxygen atoms in total. The van der Waals surface area contributed by atoms with E-state index < -0.39 is 0 Å². The number of benzene rings is 3. The van der Waals surface area contributed by atoms with Gasteiger partial charge in [-0.15, -0.1) is 11.8 Å². The number of hydrogen-bond acceptors (Lipinski definition) is 4. The van der Waals surface area contributed by atoms with Gasteiger partial charge in [0.15, 0.2) is 0 Å². The third-order valence-corrected chi connectivity index (χ3v) is 6.22. The fourth-order valence-electron chi connectivity index (χ4n) is 3.55. The van der Waals surface area contributed by atoms with Gasteiger partial charge in [-0.3, -0.25) is 9.59 Å². The number of rotatable bonds is 7. The highest BCUT2D eigenvalue weighted by molar-refractivity contribution is 8.03. The number of nitrogens with zero attached hydrogens (tertiary/aromatic N) is 1. The van der Waals surface area contributed by atoms with E-state index >= 15 is 0 Å². The maximum atomic E-state index is 13.5. The van der Waals surface area contributed by atoms with Gasteiger partial charge >= 0.3 is 0 Å². The summed E-state index contributed by atoms with van der Waals surface area (Å²) in [4.78, 5) is 28.7. The average Bonchev–Trinajstić information content (AvgIpc) is 3.03. The van der Waals surface area contributed by atoms with Gasteiger partial charge in [-0.05, 0) is 48.7 Å². The van der Waals surface area contributed by atoms with Gasteiger partial charge in [-0.25, -0.2) is 4.90 Å². The average molecular weight is 430 g/mol. The van der Waals surface area contributed by atoms with Crippen molar-refractivity contribution in [3.8, 4) is 5.75 Å². The van der Waals surface area contributed by atoms with Crippen LogP contribution in [0.1, 0.15) is 23.6 Å². The number of hydrogen-bond donors (Lipinski definition) is 0. The van der Waals surface area contributed by atoms with Crippen LogP contribution in [-0.4, -0.2) is 18.4 Å². The molecule has 5 heteroatoms. The SMILES string of the molecule is CCOc1ccc(C2=C(SCc3ccccc3)C(=O)N(c3ccccc3C)C2=O)cc1. The predicted octanol–water partition coefficient (Wildman–Crippen LogP) is 5.61. The van der Waals surface area contributed by atoms with Gasteiger partial charge in [-0.2, -0.15) is 0 Å². The largest absolute Gasteiger partial charge is 0.494 e. The van der Waals surface area contributed by atoms with Crippen LogP contribution in [0.25, 0.3) is 5.57 Å². The fourth-order valence-corrected chi connectivity index (χ4v) is 4.61. The Morgan fingerprint density at radius 2 is 1.52 bits per heavy atom. The highest BCUT2D eigenvalue weighted by Gasteiger charge is 2.40. The molecule has 0 atom stereocenters. The molecule has 3 aromatic carbocycles. The topological polar surface area (TPSA) is 46.6 Å². The molecule has 0 bridgehead atoms. The molecule has 4 rings (SSSR count). The Labute approximate surface area is 186 Å². The molecule has 0 fully saturated rings. The van der Waals surface area contributed by atoms with Crippen LogP contribution in [0.5, 0.6) is 5.75 Å². The molecule has 1 heterocycles. The van der Waals surface area contributed by atoms with Crippen molar-refractivity contribution in [2.24, 2.45) is 0 Å². The van der Waals surface area contributed by atoms with Crippen LogP contribution in [0.2, 0.25) is 0 Å². The Morgan fingerprint density at radius 3 is 2.19 bits per heavy atom. The number of anilines is 1.